The third kappa shape index (κ3) is 7.48. The molecule has 2 heterocycles. The maximum absolute atomic E-state index is 13.3. The topological polar surface area (TPSA) is 129 Å². The van der Waals surface area contributed by atoms with Crippen LogP contribution in [0.4, 0.5) is 22.8 Å². The Kier molecular flexibility index (Phi) is 8.23. The summed E-state index contributed by atoms with van der Waals surface area (Å²) in [6.07, 6.45) is -6.74. The van der Waals surface area contributed by atoms with Crippen molar-refractivity contribution in [1.82, 2.24) is 19.6 Å². The number of hydrogen-bond acceptors (Lipinski definition) is 6. The molecular formula is C22H32F3N5O5S. The predicted octanol–water partition coefficient (Wildman–Crippen LogP) is 3.85. The number of carbonyl (C=O) groups excluding carboxylic acids is 2. The molecule has 0 saturated heterocycles. The summed E-state index contributed by atoms with van der Waals surface area (Å²) in [5.41, 5.74) is 5.12. The number of primary amides is 1. The highest BCUT2D eigenvalue weighted by molar-refractivity contribution is 7.18. The number of ether oxygens (including phenoxy) is 1. The van der Waals surface area contributed by atoms with Gasteiger partial charge in [-0.15, -0.1) is 11.3 Å². The van der Waals surface area contributed by atoms with Gasteiger partial charge >= 0.3 is 24.0 Å². The molecule has 202 valence electrons. The molecule has 0 atom stereocenters. The fraction of sp³-hybridized carbons (Fsp3) is 0.636. The van der Waals surface area contributed by atoms with Gasteiger partial charge < -0.3 is 10.5 Å². The number of urea groups is 1. The molecule has 0 bridgehead atoms. The van der Waals surface area contributed by atoms with E-state index in [1.807, 2.05) is 0 Å². The second-order valence-electron chi connectivity index (χ2n) is 10.6. The monoisotopic (exact) mass is 535 g/mol. The van der Waals surface area contributed by atoms with Crippen molar-refractivity contribution in [2.75, 3.05) is 0 Å². The first kappa shape index (κ1) is 29.2. The number of hydrazine groups is 1. The fourth-order valence-corrected chi connectivity index (χ4v) is 4.67. The van der Waals surface area contributed by atoms with Gasteiger partial charge in [-0.25, -0.2) is 24.8 Å². The van der Waals surface area contributed by atoms with Crippen molar-refractivity contribution in [2.24, 2.45) is 11.1 Å². The van der Waals surface area contributed by atoms with E-state index in [-0.39, 0.29) is 23.3 Å². The molecule has 2 aromatic rings. The largest absolute Gasteiger partial charge is 0.443 e. The minimum atomic E-state index is -4.52. The number of aromatic nitrogens is 2. The van der Waals surface area contributed by atoms with E-state index in [4.69, 9.17) is 10.5 Å². The standard InChI is InChI=1S/C22H32F3N5O5S/c1-12-13(10-30(17(26)32)27-18(33)35-21(5,6)7)36-16-14(12)15(31)29(11-20(2,3)4)19(34)28(16)9-8-22(23,24)25/h8-11H2,1-7H3,(H2,26,32)(H,27,33). The van der Waals surface area contributed by atoms with E-state index in [1.54, 1.807) is 48.5 Å². The lowest BCUT2D eigenvalue weighted by Crippen LogP contribution is -2.49. The van der Waals surface area contributed by atoms with Gasteiger partial charge in [0.05, 0.1) is 18.4 Å². The molecule has 36 heavy (non-hydrogen) atoms. The van der Waals surface area contributed by atoms with Gasteiger partial charge in [-0.05, 0) is 38.7 Å². The molecule has 3 N–H and O–H groups in total. The quantitative estimate of drug-likeness (QED) is 0.562. The lowest BCUT2D eigenvalue weighted by Gasteiger charge is -2.24. The highest BCUT2D eigenvalue weighted by Gasteiger charge is 2.30. The van der Waals surface area contributed by atoms with Crippen LogP contribution in [0.15, 0.2) is 9.59 Å². The molecule has 2 aromatic heterocycles. The van der Waals surface area contributed by atoms with Gasteiger partial charge in [0.2, 0.25) is 0 Å². The average Bonchev–Trinajstić information content (AvgIpc) is 2.97. The second-order valence-corrected chi connectivity index (χ2v) is 11.7. The van der Waals surface area contributed by atoms with Gasteiger partial charge in [0.25, 0.3) is 5.56 Å². The van der Waals surface area contributed by atoms with E-state index in [2.05, 4.69) is 5.43 Å². The molecular weight excluding hydrogens is 503 g/mol. The number of hydrogen-bond donors (Lipinski definition) is 2. The van der Waals surface area contributed by atoms with Crippen LogP contribution in [0.25, 0.3) is 10.2 Å². The Morgan fingerprint density at radius 2 is 1.67 bits per heavy atom. The van der Waals surface area contributed by atoms with Crippen molar-refractivity contribution in [3.8, 4) is 0 Å². The minimum absolute atomic E-state index is 0.00907. The minimum Gasteiger partial charge on any atom is -0.443 e. The van der Waals surface area contributed by atoms with Crippen LogP contribution in [0, 0.1) is 12.3 Å². The molecule has 0 radical (unpaired) electrons. The zero-order chi connectivity index (χ0) is 27.8. The second kappa shape index (κ2) is 10.1. The van der Waals surface area contributed by atoms with E-state index >= 15 is 0 Å². The number of aryl methyl sites for hydroxylation is 2. The predicted molar refractivity (Wildman–Crippen MR) is 130 cm³/mol. The van der Waals surface area contributed by atoms with E-state index in [9.17, 15) is 32.3 Å². The third-order valence-electron chi connectivity index (χ3n) is 4.84. The smallest absolute Gasteiger partial charge is 0.426 e. The Morgan fingerprint density at radius 3 is 2.14 bits per heavy atom. The first-order valence-electron chi connectivity index (χ1n) is 11.1. The molecule has 0 unspecified atom stereocenters. The maximum atomic E-state index is 13.3. The van der Waals surface area contributed by atoms with Crippen LogP contribution < -0.4 is 22.4 Å². The number of amides is 3. The molecule has 0 aliphatic heterocycles. The lowest BCUT2D eigenvalue weighted by atomic mass is 9.97. The number of carbonyl (C=O) groups is 2. The van der Waals surface area contributed by atoms with Crippen LogP contribution >= 0.6 is 11.3 Å². The molecule has 10 nitrogen and oxygen atoms in total. The number of fused-ring (bicyclic) bond motifs is 1. The Labute approximate surface area is 209 Å². The molecule has 2 rings (SSSR count). The molecule has 0 fully saturated rings. The lowest BCUT2D eigenvalue weighted by molar-refractivity contribution is -0.136. The van der Waals surface area contributed by atoms with Crippen LogP contribution in [0.3, 0.4) is 0 Å². The van der Waals surface area contributed by atoms with Crippen LogP contribution in [-0.4, -0.2) is 38.0 Å². The van der Waals surface area contributed by atoms with E-state index in [0.717, 1.165) is 25.5 Å². The summed E-state index contributed by atoms with van der Waals surface area (Å²) in [4.78, 5) is 51.0. The Bertz CT molecular complexity index is 1270. The number of thiophene rings is 1. The van der Waals surface area contributed by atoms with Crippen molar-refractivity contribution in [3.05, 3.63) is 31.3 Å². The van der Waals surface area contributed by atoms with Gasteiger partial charge in [0, 0.05) is 18.0 Å². The molecule has 0 saturated carbocycles. The summed E-state index contributed by atoms with van der Waals surface area (Å²) in [5, 5.41) is 0.833. The Morgan fingerprint density at radius 1 is 1.08 bits per heavy atom. The normalized spacial score (nSPS) is 12.6. The number of nitrogens with one attached hydrogen (secondary N) is 1. The van der Waals surface area contributed by atoms with Crippen LogP contribution in [0.1, 0.15) is 58.4 Å². The number of rotatable bonds is 5. The molecule has 0 aliphatic rings. The van der Waals surface area contributed by atoms with Crippen molar-refractivity contribution in [1.29, 1.82) is 0 Å². The van der Waals surface area contributed by atoms with Crippen molar-refractivity contribution in [3.63, 3.8) is 0 Å². The van der Waals surface area contributed by atoms with Crippen LogP contribution in [0.5, 0.6) is 0 Å². The number of nitrogens with zero attached hydrogens (tertiary/aromatic N) is 3. The van der Waals surface area contributed by atoms with Gasteiger partial charge in [0.1, 0.15) is 10.4 Å². The number of alkyl halides is 3. The third-order valence-corrected chi connectivity index (χ3v) is 6.14. The van der Waals surface area contributed by atoms with Gasteiger partial charge in [0.15, 0.2) is 0 Å². The van der Waals surface area contributed by atoms with Crippen LogP contribution in [0.2, 0.25) is 0 Å². The zero-order valence-corrected chi connectivity index (χ0v) is 22.1. The van der Waals surface area contributed by atoms with E-state index in [0.29, 0.717) is 10.4 Å². The van der Waals surface area contributed by atoms with E-state index in [1.165, 1.54) is 0 Å². The molecule has 0 aliphatic carbocycles. The van der Waals surface area contributed by atoms with Gasteiger partial charge in [-0.3, -0.25) is 13.9 Å². The summed E-state index contributed by atoms with van der Waals surface area (Å²) >= 11 is 0.883. The number of halogens is 3. The first-order chi connectivity index (χ1) is 16.2. The molecule has 3 amide bonds. The molecule has 14 heteroatoms. The summed E-state index contributed by atoms with van der Waals surface area (Å²) in [7, 11) is 0. The van der Waals surface area contributed by atoms with Crippen molar-refractivity contribution < 1.29 is 27.5 Å². The Hall–Kier alpha value is -3.03. The summed E-state index contributed by atoms with van der Waals surface area (Å²) < 4.78 is 46.1. The summed E-state index contributed by atoms with van der Waals surface area (Å²) in [6.45, 7) is 10.8. The van der Waals surface area contributed by atoms with Crippen molar-refractivity contribution >= 4 is 33.7 Å². The molecule has 0 aromatic carbocycles. The summed E-state index contributed by atoms with van der Waals surface area (Å²) in [6, 6.07) is -1.03. The highest BCUT2D eigenvalue weighted by Crippen LogP contribution is 2.30. The Balaban J connectivity index is 2.64. The fourth-order valence-electron chi connectivity index (χ4n) is 3.37. The summed E-state index contributed by atoms with van der Waals surface area (Å²) in [5.74, 6) is 0. The number of nitrogens with two attached hydrogens (primary N) is 1. The molecule has 0 spiro atoms. The van der Waals surface area contributed by atoms with Gasteiger partial charge in [-0.2, -0.15) is 13.2 Å². The SMILES string of the molecule is Cc1c(CN(NC(=O)OC(C)(C)C)C(N)=O)sc2c1c(=O)n(CC(C)(C)C)c(=O)n2CCC(F)(F)F. The highest BCUT2D eigenvalue weighted by atomic mass is 32.1. The van der Waals surface area contributed by atoms with Crippen molar-refractivity contribution in [2.45, 2.75) is 86.3 Å². The van der Waals surface area contributed by atoms with E-state index < -0.39 is 53.5 Å². The van der Waals surface area contributed by atoms with Gasteiger partial charge in [-0.1, -0.05) is 20.8 Å². The zero-order valence-electron chi connectivity index (χ0n) is 21.3. The first-order valence-corrected chi connectivity index (χ1v) is 11.9. The van der Waals surface area contributed by atoms with Crippen LogP contribution in [-0.2, 0) is 24.4 Å². The maximum Gasteiger partial charge on any atom is 0.426 e. The average molecular weight is 536 g/mol.